The van der Waals surface area contributed by atoms with Crippen molar-refractivity contribution in [3.05, 3.63) is 64.1 Å². The van der Waals surface area contributed by atoms with E-state index in [0.717, 1.165) is 16.6 Å². The molecule has 2 aromatic carbocycles. The first-order chi connectivity index (χ1) is 8.75. The SMILES string of the molecule is Cc1ccccc1C/C=N\Nc1ccc(Br)cc1. The van der Waals surface area contributed by atoms with Crippen molar-refractivity contribution < 1.29 is 0 Å². The number of hydrogen-bond donors (Lipinski definition) is 1. The van der Waals surface area contributed by atoms with E-state index in [2.05, 4.69) is 57.6 Å². The molecule has 0 saturated carbocycles. The molecule has 0 atom stereocenters. The zero-order valence-electron chi connectivity index (χ0n) is 10.2. The first-order valence-corrected chi connectivity index (χ1v) is 6.62. The molecule has 0 radical (unpaired) electrons. The van der Waals surface area contributed by atoms with E-state index < -0.39 is 0 Å². The maximum Gasteiger partial charge on any atom is 0.0562 e. The molecule has 0 amide bonds. The molecule has 0 aliphatic heterocycles. The summed E-state index contributed by atoms with van der Waals surface area (Å²) in [5, 5.41) is 4.22. The van der Waals surface area contributed by atoms with E-state index in [1.807, 2.05) is 30.5 Å². The number of rotatable bonds is 4. The van der Waals surface area contributed by atoms with Crippen LogP contribution >= 0.6 is 15.9 Å². The van der Waals surface area contributed by atoms with Gasteiger partial charge in [-0.15, -0.1) is 0 Å². The summed E-state index contributed by atoms with van der Waals surface area (Å²) < 4.78 is 1.07. The molecule has 0 saturated heterocycles. The quantitative estimate of drug-likeness (QED) is 0.657. The second-order valence-corrected chi connectivity index (χ2v) is 4.98. The van der Waals surface area contributed by atoms with E-state index in [1.54, 1.807) is 0 Å². The largest absolute Gasteiger partial charge is 0.279 e. The van der Waals surface area contributed by atoms with E-state index in [-0.39, 0.29) is 0 Å². The average molecular weight is 303 g/mol. The summed E-state index contributed by atoms with van der Waals surface area (Å²) in [5.41, 5.74) is 6.60. The van der Waals surface area contributed by atoms with Crippen LogP contribution in [0.1, 0.15) is 11.1 Å². The highest BCUT2D eigenvalue weighted by Gasteiger charge is 1.93. The van der Waals surface area contributed by atoms with Crippen molar-refractivity contribution in [1.82, 2.24) is 0 Å². The van der Waals surface area contributed by atoms with Crippen molar-refractivity contribution in [3.63, 3.8) is 0 Å². The van der Waals surface area contributed by atoms with Crippen LogP contribution in [0.25, 0.3) is 0 Å². The standard InChI is InChI=1S/C15H15BrN2/c1-12-4-2-3-5-13(12)10-11-17-18-15-8-6-14(16)7-9-15/h2-9,11,18H,10H2,1H3/b17-11-. The highest BCUT2D eigenvalue weighted by molar-refractivity contribution is 9.10. The Labute approximate surface area is 116 Å². The van der Waals surface area contributed by atoms with Crippen molar-refractivity contribution in [2.75, 3.05) is 5.43 Å². The summed E-state index contributed by atoms with van der Waals surface area (Å²) in [7, 11) is 0. The molecule has 0 heterocycles. The van der Waals surface area contributed by atoms with Crippen molar-refractivity contribution in [2.45, 2.75) is 13.3 Å². The minimum atomic E-state index is 0.843. The molecule has 3 heteroatoms. The van der Waals surface area contributed by atoms with Crippen LogP contribution in [0.2, 0.25) is 0 Å². The third-order valence-corrected chi connectivity index (χ3v) is 3.23. The summed E-state index contributed by atoms with van der Waals surface area (Å²) in [5.74, 6) is 0. The number of nitrogens with one attached hydrogen (secondary N) is 1. The van der Waals surface area contributed by atoms with Crippen molar-refractivity contribution in [3.8, 4) is 0 Å². The normalized spacial score (nSPS) is 10.8. The van der Waals surface area contributed by atoms with Gasteiger partial charge < -0.3 is 0 Å². The topological polar surface area (TPSA) is 24.4 Å². The molecule has 0 bridgehead atoms. The fourth-order valence-electron chi connectivity index (χ4n) is 1.63. The van der Waals surface area contributed by atoms with Gasteiger partial charge in [-0.3, -0.25) is 5.43 Å². The highest BCUT2D eigenvalue weighted by Crippen LogP contribution is 2.13. The molecule has 0 aliphatic rings. The Balaban J connectivity index is 1.89. The fourth-order valence-corrected chi connectivity index (χ4v) is 1.89. The number of nitrogens with zero attached hydrogens (tertiary/aromatic N) is 1. The van der Waals surface area contributed by atoms with Gasteiger partial charge in [0.2, 0.25) is 0 Å². The first-order valence-electron chi connectivity index (χ1n) is 5.83. The van der Waals surface area contributed by atoms with Gasteiger partial charge in [-0.2, -0.15) is 5.10 Å². The predicted octanol–water partition coefficient (Wildman–Crippen LogP) is 4.40. The Morgan fingerprint density at radius 1 is 1.11 bits per heavy atom. The van der Waals surface area contributed by atoms with E-state index in [4.69, 9.17) is 0 Å². The minimum Gasteiger partial charge on any atom is -0.279 e. The van der Waals surface area contributed by atoms with E-state index in [0.29, 0.717) is 0 Å². The van der Waals surface area contributed by atoms with Gasteiger partial charge in [0.15, 0.2) is 0 Å². The molecule has 0 aliphatic carbocycles. The summed E-state index contributed by atoms with van der Waals surface area (Å²) >= 11 is 3.40. The van der Waals surface area contributed by atoms with E-state index in [9.17, 15) is 0 Å². The summed E-state index contributed by atoms with van der Waals surface area (Å²) in [4.78, 5) is 0. The number of hydrogen-bond acceptors (Lipinski definition) is 2. The minimum absolute atomic E-state index is 0.843. The van der Waals surface area contributed by atoms with E-state index in [1.165, 1.54) is 11.1 Å². The molecule has 2 aromatic rings. The molecule has 0 spiro atoms. The monoisotopic (exact) mass is 302 g/mol. The maximum atomic E-state index is 4.22. The Morgan fingerprint density at radius 3 is 2.56 bits per heavy atom. The lowest BCUT2D eigenvalue weighted by atomic mass is 10.1. The van der Waals surface area contributed by atoms with Crippen molar-refractivity contribution in [1.29, 1.82) is 0 Å². The van der Waals surface area contributed by atoms with Gasteiger partial charge in [0.1, 0.15) is 0 Å². The Kier molecular flexibility index (Phi) is 4.53. The third kappa shape index (κ3) is 3.70. The summed E-state index contributed by atoms with van der Waals surface area (Å²) in [6.07, 6.45) is 2.74. The lowest BCUT2D eigenvalue weighted by Crippen LogP contribution is -1.93. The lowest BCUT2D eigenvalue weighted by Gasteiger charge is -2.02. The molecular weight excluding hydrogens is 288 g/mol. The first kappa shape index (κ1) is 12.8. The van der Waals surface area contributed by atoms with Crippen LogP contribution in [-0.2, 0) is 6.42 Å². The Hall–Kier alpha value is -1.61. The fraction of sp³-hybridized carbons (Fsp3) is 0.133. The zero-order chi connectivity index (χ0) is 12.8. The molecule has 0 unspecified atom stereocenters. The van der Waals surface area contributed by atoms with Gasteiger partial charge in [0, 0.05) is 17.1 Å². The number of halogens is 1. The van der Waals surface area contributed by atoms with Crippen LogP contribution in [0.5, 0.6) is 0 Å². The molecule has 0 fully saturated rings. The molecule has 2 nitrogen and oxygen atoms in total. The van der Waals surface area contributed by atoms with Crippen LogP contribution < -0.4 is 5.43 Å². The smallest absolute Gasteiger partial charge is 0.0562 e. The third-order valence-electron chi connectivity index (χ3n) is 2.70. The second kappa shape index (κ2) is 6.36. The van der Waals surface area contributed by atoms with Crippen LogP contribution in [0.3, 0.4) is 0 Å². The van der Waals surface area contributed by atoms with Gasteiger partial charge in [0.05, 0.1) is 5.69 Å². The molecule has 2 rings (SSSR count). The number of benzene rings is 2. The molecular formula is C15H15BrN2. The second-order valence-electron chi connectivity index (χ2n) is 4.06. The Morgan fingerprint density at radius 2 is 1.83 bits per heavy atom. The highest BCUT2D eigenvalue weighted by atomic mass is 79.9. The van der Waals surface area contributed by atoms with Gasteiger partial charge in [0.25, 0.3) is 0 Å². The van der Waals surface area contributed by atoms with Crippen LogP contribution in [0.4, 0.5) is 5.69 Å². The zero-order valence-corrected chi connectivity index (χ0v) is 11.8. The molecule has 18 heavy (non-hydrogen) atoms. The van der Waals surface area contributed by atoms with Gasteiger partial charge >= 0.3 is 0 Å². The van der Waals surface area contributed by atoms with Gasteiger partial charge in [-0.25, -0.2) is 0 Å². The summed E-state index contributed by atoms with van der Waals surface area (Å²) in [6, 6.07) is 16.3. The number of aryl methyl sites for hydroxylation is 1. The molecule has 92 valence electrons. The predicted molar refractivity (Wildman–Crippen MR) is 81.1 cm³/mol. The Bertz CT molecular complexity index is 532. The van der Waals surface area contributed by atoms with Crippen LogP contribution in [-0.4, -0.2) is 6.21 Å². The van der Waals surface area contributed by atoms with Crippen LogP contribution in [0.15, 0.2) is 58.1 Å². The van der Waals surface area contributed by atoms with Crippen molar-refractivity contribution in [2.24, 2.45) is 5.10 Å². The lowest BCUT2D eigenvalue weighted by molar-refractivity contribution is 1.25. The van der Waals surface area contributed by atoms with Crippen LogP contribution in [0, 0.1) is 6.92 Å². The molecule has 0 aromatic heterocycles. The van der Waals surface area contributed by atoms with Gasteiger partial charge in [-0.1, -0.05) is 40.2 Å². The number of hydrazone groups is 1. The average Bonchev–Trinajstić information content (AvgIpc) is 2.39. The maximum absolute atomic E-state index is 4.22. The molecule has 1 N–H and O–H groups in total. The number of anilines is 1. The van der Waals surface area contributed by atoms with Gasteiger partial charge in [-0.05, 0) is 42.3 Å². The van der Waals surface area contributed by atoms with Crippen molar-refractivity contribution >= 4 is 27.8 Å². The van der Waals surface area contributed by atoms with E-state index >= 15 is 0 Å². The summed E-state index contributed by atoms with van der Waals surface area (Å²) in [6.45, 7) is 2.12.